The van der Waals surface area contributed by atoms with Crippen molar-refractivity contribution in [3.05, 3.63) is 59.9 Å². The van der Waals surface area contributed by atoms with E-state index in [4.69, 9.17) is 0 Å². The van der Waals surface area contributed by atoms with Crippen molar-refractivity contribution in [2.24, 2.45) is 0 Å². The van der Waals surface area contributed by atoms with E-state index in [1.165, 1.54) is 29.9 Å². The van der Waals surface area contributed by atoms with Gasteiger partial charge in [-0.25, -0.2) is 4.98 Å². The van der Waals surface area contributed by atoms with Crippen molar-refractivity contribution in [3.63, 3.8) is 0 Å². The lowest BCUT2D eigenvalue weighted by atomic mass is 10.2. The first-order chi connectivity index (χ1) is 12.3. The van der Waals surface area contributed by atoms with E-state index in [0.29, 0.717) is 5.69 Å². The maximum atomic E-state index is 12.4. The number of aromatic nitrogens is 2. The molecule has 0 aliphatic carbocycles. The molecule has 1 N–H and O–H groups in total. The van der Waals surface area contributed by atoms with Crippen LogP contribution in [0.15, 0.2) is 54.2 Å². The fourth-order valence-electron chi connectivity index (χ4n) is 2.93. The molecular formula is C19H18N4OS. The topological polar surface area (TPSA) is 58.1 Å². The van der Waals surface area contributed by atoms with Gasteiger partial charge in [-0.15, -0.1) is 11.3 Å². The molecule has 0 bridgehead atoms. The molecule has 126 valence electrons. The number of nitrogens with one attached hydrogen (secondary N) is 1. The summed E-state index contributed by atoms with van der Waals surface area (Å²) in [5.41, 5.74) is 3.33. The summed E-state index contributed by atoms with van der Waals surface area (Å²) in [6.07, 6.45) is 5.97. The van der Waals surface area contributed by atoms with Gasteiger partial charge < -0.3 is 10.2 Å². The summed E-state index contributed by atoms with van der Waals surface area (Å²) in [6, 6.07) is 11.8. The van der Waals surface area contributed by atoms with E-state index in [1.807, 2.05) is 24.3 Å². The molecular weight excluding hydrogens is 332 g/mol. The Balaban J connectivity index is 1.44. The number of hydrogen-bond donors (Lipinski definition) is 1. The third-order valence-electron chi connectivity index (χ3n) is 4.24. The first-order valence-corrected chi connectivity index (χ1v) is 9.20. The third kappa shape index (κ3) is 3.53. The van der Waals surface area contributed by atoms with Crippen LogP contribution < -0.4 is 10.2 Å². The summed E-state index contributed by atoms with van der Waals surface area (Å²) in [7, 11) is 0. The van der Waals surface area contributed by atoms with E-state index in [0.717, 1.165) is 29.3 Å². The van der Waals surface area contributed by atoms with Crippen LogP contribution in [0.4, 0.5) is 11.4 Å². The van der Waals surface area contributed by atoms with E-state index in [9.17, 15) is 4.79 Å². The predicted molar refractivity (Wildman–Crippen MR) is 101 cm³/mol. The summed E-state index contributed by atoms with van der Waals surface area (Å²) in [5, 5.41) is 5.48. The van der Waals surface area contributed by atoms with E-state index >= 15 is 0 Å². The highest BCUT2D eigenvalue weighted by atomic mass is 32.1. The fourth-order valence-corrected chi connectivity index (χ4v) is 3.72. The monoisotopic (exact) mass is 350 g/mol. The zero-order valence-electron chi connectivity index (χ0n) is 13.7. The minimum absolute atomic E-state index is 0.194. The molecule has 0 atom stereocenters. The quantitative estimate of drug-likeness (QED) is 0.771. The summed E-state index contributed by atoms with van der Waals surface area (Å²) in [6.45, 7) is 2.23. The first-order valence-electron chi connectivity index (χ1n) is 8.32. The highest BCUT2D eigenvalue weighted by Crippen LogP contribution is 2.24. The number of anilines is 2. The van der Waals surface area contributed by atoms with E-state index in [-0.39, 0.29) is 5.91 Å². The van der Waals surface area contributed by atoms with Crippen molar-refractivity contribution >= 4 is 28.6 Å². The third-order valence-corrected chi connectivity index (χ3v) is 5.13. The van der Waals surface area contributed by atoms with Crippen LogP contribution in [0.3, 0.4) is 0 Å². The molecule has 1 aliphatic rings. The number of benzene rings is 1. The molecule has 0 spiro atoms. The van der Waals surface area contributed by atoms with Gasteiger partial charge in [-0.05, 0) is 49.2 Å². The lowest BCUT2D eigenvalue weighted by molar-refractivity contribution is 0.102. The van der Waals surface area contributed by atoms with Gasteiger partial charge in [0.15, 0.2) is 0 Å². The van der Waals surface area contributed by atoms with E-state index < -0.39 is 0 Å². The van der Waals surface area contributed by atoms with Gasteiger partial charge in [0.05, 0.1) is 0 Å². The molecule has 0 radical (unpaired) electrons. The zero-order chi connectivity index (χ0) is 17.1. The van der Waals surface area contributed by atoms with Crippen molar-refractivity contribution in [1.82, 2.24) is 9.97 Å². The van der Waals surface area contributed by atoms with Crippen LogP contribution in [-0.4, -0.2) is 29.0 Å². The van der Waals surface area contributed by atoms with Crippen LogP contribution in [-0.2, 0) is 0 Å². The molecule has 1 aliphatic heterocycles. The lowest BCUT2D eigenvalue weighted by Gasteiger charge is -2.17. The van der Waals surface area contributed by atoms with Crippen LogP contribution in [0.2, 0.25) is 0 Å². The Labute approximate surface area is 150 Å². The molecule has 1 aromatic carbocycles. The molecule has 3 heterocycles. The predicted octanol–water partition coefficient (Wildman–Crippen LogP) is 4.06. The minimum atomic E-state index is -0.194. The van der Waals surface area contributed by atoms with Gasteiger partial charge in [0, 0.05) is 47.8 Å². The van der Waals surface area contributed by atoms with E-state index in [1.54, 1.807) is 17.8 Å². The number of rotatable bonds is 4. The van der Waals surface area contributed by atoms with Crippen LogP contribution in [0.5, 0.6) is 0 Å². The van der Waals surface area contributed by atoms with Gasteiger partial charge in [-0.2, -0.15) is 0 Å². The molecule has 1 saturated heterocycles. The Hall–Kier alpha value is -2.73. The molecule has 0 saturated carbocycles. The summed E-state index contributed by atoms with van der Waals surface area (Å²) in [5.74, 6) is -0.194. The van der Waals surface area contributed by atoms with Gasteiger partial charge in [-0.3, -0.25) is 9.78 Å². The number of thiazole rings is 1. The highest BCUT2D eigenvalue weighted by Gasteiger charge is 2.14. The van der Waals surface area contributed by atoms with E-state index in [2.05, 4.69) is 32.3 Å². The largest absolute Gasteiger partial charge is 0.372 e. The maximum absolute atomic E-state index is 12.4. The fraction of sp³-hybridized carbons (Fsp3) is 0.211. The van der Waals surface area contributed by atoms with Gasteiger partial charge in [0.2, 0.25) is 0 Å². The standard InChI is InChI=1S/C19H18N4OS/c24-18(17-13-25-19(22-17)14-4-3-9-20-12-14)21-15-5-7-16(8-6-15)23-10-1-2-11-23/h3-9,12-13H,1-2,10-11H2,(H,21,24). The Morgan fingerprint density at radius 2 is 1.92 bits per heavy atom. The number of carbonyl (C=O) groups excluding carboxylic acids is 1. The van der Waals surface area contributed by atoms with Crippen LogP contribution >= 0.6 is 11.3 Å². The van der Waals surface area contributed by atoms with Gasteiger partial charge in [-0.1, -0.05) is 0 Å². The normalized spacial score (nSPS) is 13.8. The van der Waals surface area contributed by atoms with Crippen molar-refractivity contribution in [2.75, 3.05) is 23.3 Å². The summed E-state index contributed by atoms with van der Waals surface area (Å²) < 4.78 is 0. The number of pyridine rings is 1. The van der Waals surface area contributed by atoms with Crippen LogP contribution in [0.25, 0.3) is 10.6 Å². The number of amides is 1. The van der Waals surface area contributed by atoms with Gasteiger partial charge in [0.1, 0.15) is 10.7 Å². The van der Waals surface area contributed by atoms with Crippen molar-refractivity contribution in [1.29, 1.82) is 0 Å². The summed E-state index contributed by atoms with van der Waals surface area (Å²) >= 11 is 1.44. The Bertz CT molecular complexity index is 855. The van der Waals surface area contributed by atoms with Crippen molar-refractivity contribution < 1.29 is 4.79 Å². The minimum Gasteiger partial charge on any atom is -0.372 e. The molecule has 1 fully saturated rings. The van der Waals surface area contributed by atoms with Gasteiger partial charge in [0.25, 0.3) is 5.91 Å². The highest BCUT2D eigenvalue weighted by molar-refractivity contribution is 7.13. The Morgan fingerprint density at radius 1 is 1.12 bits per heavy atom. The average Bonchev–Trinajstić information content (AvgIpc) is 3.35. The number of nitrogens with zero attached hydrogens (tertiary/aromatic N) is 3. The maximum Gasteiger partial charge on any atom is 0.275 e. The molecule has 0 unspecified atom stereocenters. The molecule has 25 heavy (non-hydrogen) atoms. The summed E-state index contributed by atoms with van der Waals surface area (Å²) in [4.78, 5) is 23.3. The second-order valence-electron chi connectivity index (χ2n) is 5.97. The molecule has 3 aromatic rings. The van der Waals surface area contributed by atoms with Crippen molar-refractivity contribution in [3.8, 4) is 10.6 Å². The average molecular weight is 350 g/mol. The SMILES string of the molecule is O=C(Nc1ccc(N2CCCC2)cc1)c1csc(-c2cccnc2)n1. The Kier molecular flexibility index (Phi) is 4.43. The van der Waals surface area contributed by atoms with Crippen LogP contribution in [0.1, 0.15) is 23.3 Å². The number of carbonyl (C=O) groups is 1. The molecule has 6 heteroatoms. The molecule has 5 nitrogen and oxygen atoms in total. The van der Waals surface area contributed by atoms with Crippen molar-refractivity contribution in [2.45, 2.75) is 12.8 Å². The zero-order valence-corrected chi connectivity index (χ0v) is 14.5. The van der Waals surface area contributed by atoms with Crippen LogP contribution in [0, 0.1) is 0 Å². The number of hydrogen-bond acceptors (Lipinski definition) is 5. The second-order valence-corrected chi connectivity index (χ2v) is 6.83. The molecule has 4 rings (SSSR count). The lowest BCUT2D eigenvalue weighted by Crippen LogP contribution is -2.17. The molecule has 2 aromatic heterocycles. The first kappa shape index (κ1) is 15.8. The second kappa shape index (κ2) is 7.03. The molecule has 1 amide bonds. The smallest absolute Gasteiger partial charge is 0.275 e. The Morgan fingerprint density at radius 3 is 2.64 bits per heavy atom. The van der Waals surface area contributed by atoms with Gasteiger partial charge >= 0.3 is 0 Å².